The van der Waals surface area contributed by atoms with Crippen LogP contribution in [0.4, 0.5) is 24.0 Å². The highest BCUT2D eigenvalue weighted by molar-refractivity contribution is 7.17. The van der Waals surface area contributed by atoms with Crippen molar-refractivity contribution in [2.24, 2.45) is 11.7 Å². The summed E-state index contributed by atoms with van der Waals surface area (Å²) < 4.78 is 42.8. The number of thiophene rings is 1. The zero-order valence-corrected chi connectivity index (χ0v) is 20.7. The van der Waals surface area contributed by atoms with Crippen LogP contribution in [-0.4, -0.2) is 27.8 Å². The lowest BCUT2D eigenvalue weighted by Crippen LogP contribution is -2.35. The van der Waals surface area contributed by atoms with Gasteiger partial charge in [-0.3, -0.25) is 9.59 Å². The van der Waals surface area contributed by atoms with Crippen molar-refractivity contribution in [3.63, 3.8) is 0 Å². The van der Waals surface area contributed by atoms with E-state index in [4.69, 9.17) is 17.3 Å². The lowest BCUT2D eigenvalue weighted by atomic mass is 9.88. The molecule has 3 aromatic rings. The molecule has 2 aliphatic rings. The molecule has 2 aromatic heterocycles. The van der Waals surface area contributed by atoms with Crippen molar-refractivity contribution >= 4 is 45.6 Å². The van der Waals surface area contributed by atoms with E-state index in [-0.39, 0.29) is 33.5 Å². The average Bonchev–Trinajstić information content (AvgIpc) is 3.35. The fourth-order valence-corrected chi connectivity index (χ4v) is 6.58. The van der Waals surface area contributed by atoms with Crippen LogP contribution in [0.3, 0.4) is 0 Å². The standard InChI is InChI=1S/C24H23ClF3N5O2S/c1-11-7-8-13-15(9-11)36-23(17(13)20(29)34)31-22(35)19-18(25)21-30-14(12-5-3-2-4-6-12)10-16(24(26,27)28)33(21)32-19/h2-6,11,14,16,30H,7-10H2,1H3,(H2,29,34)(H,31,35)/t11-,14+,16+/m0/s1. The Morgan fingerprint density at radius 3 is 2.67 bits per heavy atom. The van der Waals surface area contributed by atoms with Gasteiger partial charge in [0.25, 0.3) is 11.8 Å². The van der Waals surface area contributed by atoms with Crippen molar-refractivity contribution in [3.05, 3.63) is 62.6 Å². The van der Waals surface area contributed by atoms with Crippen LogP contribution >= 0.6 is 22.9 Å². The van der Waals surface area contributed by atoms with E-state index in [0.29, 0.717) is 17.9 Å². The number of hydrogen-bond acceptors (Lipinski definition) is 5. The smallest absolute Gasteiger partial charge is 0.365 e. The molecule has 1 aliphatic carbocycles. The van der Waals surface area contributed by atoms with E-state index in [0.717, 1.165) is 28.0 Å². The van der Waals surface area contributed by atoms with Crippen molar-refractivity contribution in [3.8, 4) is 0 Å². The number of amides is 2. The number of benzene rings is 1. The second-order valence-corrected chi connectivity index (χ2v) is 10.7. The number of halogens is 4. The normalized spacial score (nSPS) is 21.3. The average molecular weight is 538 g/mol. The number of aromatic nitrogens is 2. The first-order valence-corrected chi connectivity index (χ1v) is 12.7. The molecule has 0 radical (unpaired) electrons. The molecule has 0 unspecified atom stereocenters. The number of carbonyl (C=O) groups is 2. The maximum absolute atomic E-state index is 14.0. The molecule has 0 bridgehead atoms. The monoisotopic (exact) mass is 537 g/mol. The Labute approximate surface area is 213 Å². The summed E-state index contributed by atoms with van der Waals surface area (Å²) in [5.74, 6) is -1.14. The van der Waals surface area contributed by atoms with Crippen LogP contribution in [0.1, 0.15) is 68.7 Å². The van der Waals surface area contributed by atoms with E-state index in [2.05, 4.69) is 22.7 Å². The summed E-state index contributed by atoms with van der Waals surface area (Å²) in [7, 11) is 0. The van der Waals surface area contributed by atoms with Crippen LogP contribution in [0.15, 0.2) is 30.3 Å². The Morgan fingerprint density at radius 2 is 2.00 bits per heavy atom. The predicted octanol–water partition coefficient (Wildman–Crippen LogP) is 5.73. The Hall–Kier alpha value is -3.05. The van der Waals surface area contributed by atoms with Gasteiger partial charge in [0.1, 0.15) is 15.8 Å². The molecule has 5 rings (SSSR count). The van der Waals surface area contributed by atoms with Crippen molar-refractivity contribution in [1.82, 2.24) is 9.78 Å². The molecule has 2 amide bonds. The minimum atomic E-state index is -4.62. The lowest BCUT2D eigenvalue weighted by Gasteiger charge is -2.33. The maximum atomic E-state index is 14.0. The van der Waals surface area contributed by atoms with E-state index in [1.807, 2.05) is 0 Å². The zero-order chi connectivity index (χ0) is 25.8. The fourth-order valence-electron chi connectivity index (χ4n) is 4.90. The molecule has 0 spiro atoms. The van der Waals surface area contributed by atoms with E-state index in [1.165, 1.54) is 11.3 Å². The molecule has 0 saturated carbocycles. The molecule has 12 heteroatoms. The summed E-state index contributed by atoms with van der Waals surface area (Å²) in [6.07, 6.45) is -2.62. The maximum Gasteiger partial charge on any atom is 0.410 e. The van der Waals surface area contributed by atoms with Crippen LogP contribution in [0.2, 0.25) is 5.02 Å². The second-order valence-electron chi connectivity index (χ2n) is 9.23. The van der Waals surface area contributed by atoms with Gasteiger partial charge in [-0.2, -0.15) is 18.3 Å². The summed E-state index contributed by atoms with van der Waals surface area (Å²) >= 11 is 7.69. The third-order valence-electron chi connectivity index (χ3n) is 6.70. The van der Waals surface area contributed by atoms with Gasteiger partial charge >= 0.3 is 6.18 Å². The highest BCUT2D eigenvalue weighted by Crippen LogP contribution is 2.46. The highest BCUT2D eigenvalue weighted by Gasteiger charge is 2.48. The number of alkyl halides is 3. The number of nitrogens with zero attached hydrogens (tertiary/aromatic N) is 2. The Balaban J connectivity index is 1.50. The molecule has 4 N–H and O–H groups in total. The lowest BCUT2D eigenvalue weighted by molar-refractivity contribution is -0.173. The number of nitrogens with one attached hydrogen (secondary N) is 2. The summed E-state index contributed by atoms with van der Waals surface area (Å²) in [5.41, 5.74) is 6.97. The number of hydrogen-bond donors (Lipinski definition) is 3. The summed E-state index contributed by atoms with van der Waals surface area (Å²) in [5, 5.41) is 9.66. The van der Waals surface area contributed by atoms with Crippen molar-refractivity contribution in [2.75, 3.05) is 10.6 Å². The first-order valence-electron chi connectivity index (χ1n) is 11.5. The summed E-state index contributed by atoms with van der Waals surface area (Å²) in [4.78, 5) is 26.4. The molecule has 1 aromatic carbocycles. The van der Waals surface area contributed by atoms with Gasteiger partial charge in [-0.05, 0) is 36.3 Å². The number of rotatable bonds is 4. The van der Waals surface area contributed by atoms with Crippen molar-refractivity contribution < 1.29 is 22.8 Å². The van der Waals surface area contributed by atoms with Crippen LogP contribution in [0.5, 0.6) is 0 Å². The van der Waals surface area contributed by atoms with Crippen molar-refractivity contribution in [2.45, 2.75) is 50.9 Å². The number of anilines is 2. The topological polar surface area (TPSA) is 102 Å². The molecule has 0 fully saturated rings. The van der Waals surface area contributed by atoms with Crippen LogP contribution in [0.25, 0.3) is 0 Å². The van der Waals surface area contributed by atoms with Gasteiger partial charge in [-0.1, -0.05) is 48.9 Å². The molecular formula is C24H23ClF3N5O2S. The first-order chi connectivity index (χ1) is 17.0. The second kappa shape index (κ2) is 9.11. The third-order valence-corrected chi connectivity index (χ3v) is 8.23. The van der Waals surface area contributed by atoms with E-state index in [9.17, 15) is 22.8 Å². The van der Waals surface area contributed by atoms with Crippen molar-refractivity contribution in [1.29, 1.82) is 0 Å². The molecule has 0 saturated heterocycles. The molecule has 190 valence electrons. The van der Waals surface area contributed by atoms with E-state index < -0.39 is 30.1 Å². The quantitative estimate of drug-likeness (QED) is 0.395. The van der Waals surface area contributed by atoms with Crippen LogP contribution in [0, 0.1) is 5.92 Å². The number of fused-ring (bicyclic) bond motifs is 2. The van der Waals surface area contributed by atoms with Gasteiger partial charge in [-0.25, -0.2) is 4.68 Å². The first kappa shape index (κ1) is 24.6. The number of nitrogens with two attached hydrogens (primary N) is 1. The highest BCUT2D eigenvalue weighted by atomic mass is 35.5. The molecule has 3 heterocycles. The predicted molar refractivity (Wildman–Crippen MR) is 132 cm³/mol. The minimum absolute atomic E-state index is 0.0846. The van der Waals surface area contributed by atoms with Crippen LogP contribution in [-0.2, 0) is 12.8 Å². The van der Waals surface area contributed by atoms with E-state index >= 15 is 0 Å². The fraction of sp³-hybridized carbons (Fsp3) is 0.375. The Kier molecular flexibility index (Phi) is 6.24. The van der Waals surface area contributed by atoms with E-state index in [1.54, 1.807) is 30.3 Å². The van der Waals surface area contributed by atoms with Gasteiger partial charge in [-0.15, -0.1) is 11.3 Å². The van der Waals surface area contributed by atoms with Gasteiger partial charge < -0.3 is 16.4 Å². The van der Waals surface area contributed by atoms with Gasteiger partial charge in [0, 0.05) is 11.3 Å². The molecular weight excluding hydrogens is 515 g/mol. The summed E-state index contributed by atoms with van der Waals surface area (Å²) in [6, 6.07) is 6.05. The number of primary amides is 1. The third kappa shape index (κ3) is 4.34. The van der Waals surface area contributed by atoms with Gasteiger partial charge in [0.15, 0.2) is 11.7 Å². The molecule has 1 aliphatic heterocycles. The minimum Gasteiger partial charge on any atom is -0.365 e. The molecule has 36 heavy (non-hydrogen) atoms. The van der Waals surface area contributed by atoms with Gasteiger partial charge in [0.2, 0.25) is 0 Å². The summed E-state index contributed by atoms with van der Waals surface area (Å²) in [6.45, 7) is 2.10. The number of carbonyl (C=O) groups excluding carboxylic acids is 2. The van der Waals surface area contributed by atoms with Gasteiger partial charge in [0.05, 0.1) is 11.6 Å². The SMILES string of the molecule is C[C@H]1CCc2c(sc(NC(=O)c3nn4c(c3Cl)N[C@@H](c3ccccc3)C[C@@H]4C(F)(F)F)c2C(N)=O)C1. The zero-order valence-electron chi connectivity index (χ0n) is 19.2. The molecule has 7 nitrogen and oxygen atoms in total. The Morgan fingerprint density at radius 1 is 1.28 bits per heavy atom. The molecule has 3 atom stereocenters. The largest absolute Gasteiger partial charge is 0.410 e. The van der Waals surface area contributed by atoms with Crippen LogP contribution < -0.4 is 16.4 Å². The Bertz CT molecular complexity index is 1340.